The predicted octanol–water partition coefficient (Wildman–Crippen LogP) is 1.64. The van der Waals surface area contributed by atoms with Crippen LogP contribution in [-0.2, 0) is 16.9 Å². The minimum absolute atomic E-state index is 0.0572. The van der Waals surface area contributed by atoms with Gasteiger partial charge in [-0.1, -0.05) is 0 Å². The van der Waals surface area contributed by atoms with Gasteiger partial charge in [0.15, 0.2) is 0 Å². The molecule has 1 aromatic heterocycles. The summed E-state index contributed by atoms with van der Waals surface area (Å²) in [5.41, 5.74) is 0.857. The van der Waals surface area contributed by atoms with E-state index in [1.165, 1.54) is 5.69 Å². The summed E-state index contributed by atoms with van der Waals surface area (Å²) in [5, 5.41) is 0. The van der Waals surface area contributed by atoms with E-state index in [9.17, 15) is 4.79 Å². The van der Waals surface area contributed by atoms with Gasteiger partial charge in [0.05, 0.1) is 5.41 Å². The number of likely N-dealkylation sites (N-methyl/N-ethyl adjacent to an activating group) is 1. The Morgan fingerprint density at radius 1 is 1.13 bits per heavy atom. The highest BCUT2D eigenvalue weighted by molar-refractivity contribution is 5.81. The summed E-state index contributed by atoms with van der Waals surface area (Å²) < 4.78 is 4.43. The number of hydrogen-bond donors (Lipinski definition) is 0. The number of aromatic nitrogens is 2. The molecule has 0 radical (unpaired) electrons. The summed E-state index contributed by atoms with van der Waals surface area (Å²) in [5.74, 6) is 0.265. The second kappa shape index (κ2) is 6.27. The molecule has 2 heterocycles. The fourth-order valence-electron chi connectivity index (χ4n) is 3.01. The van der Waals surface area contributed by atoms with E-state index in [0.717, 1.165) is 26.2 Å². The Labute approximate surface area is 140 Å². The Bertz CT molecular complexity index is 560. The first-order chi connectivity index (χ1) is 10.5. The fraction of sp³-hybridized carbons (Fsp3) is 0.778. The van der Waals surface area contributed by atoms with Crippen molar-refractivity contribution in [3.05, 3.63) is 18.2 Å². The molecule has 130 valence electrons. The van der Waals surface area contributed by atoms with Crippen LogP contribution in [0.25, 0.3) is 0 Å². The van der Waals surface area contributed by atoms with E-state index in [0.29, 0.717) is 6.54 Å². The van der Waals surface area contributed by atoms with Crippen LogP contribution in [0.1, 0.15) is 40.3 Å². The lowest BCUT2D eigenvalue weighted by molar-refractivity contribution is -0.711. The molecule has 1 aliphatic rings. The lowest BCUT2D eigenvalue weighted by atomic mass is 9.91. The smallest absolute Gasteiger partial charge is 0.244 e. The second-order valence-corrected chi connectivity index (χ2v) is 8.57. The van der Waals surface area contributed by atoms with Crippen molar-refractivity contribution in [3.8, 4) is 0 Å². The van der Waals surface area contributed by atoms with Gasteiger partial charge in [0.2, 0.25) is 12.2 Å². The third-order valence-electron chi connectivity index (χ3n) is 4.75. The molecular formula is C18H33N4O+. The largest absolute Gasteiger partial charge is 0.340 e. The van der Waals surface area contributed by atoms with E-state index in [1.807, 2.05) is 4.90 Å². The maximum atomic E-state index is 12.9. The zero-order valence-electron chi connectivity index (χ0n) is 15.9. The van der Waals surface area contributed by atoms with E-state index >= 15 is 0 Å². The number of amides is 1. The van der Waals surface area contributed by atoms with Crippen molar-refractivity contribution in [2.45, 2.75) is 53.6 Å². The van der Waals surface area contributed by atoms with Gasteiger partial charge in [-0.25, -0.2) is 9.13 Å². The molecule has 1 aliphatic heterocycles. The van der Waals surface area contributed by atoms with Crippen molar-refractivity contribution >= 4 is 5.91 Å². The van der Waals surface area contributed by atoms with E-state index in [1.54, 1.807) is 0 Å². The van der Waals surface area contributed by atoms with Gasteiger partial charge in [0.1, 0.15) is 24.0 Å². The number of nitrogens with zero attached hydrogens (tertiary/aromatic N) is 4. The van der Waals surface area contributed by atoms with Crippen LogP contribution in [-0.4, -0.2) is 53.5 Å². The maximum absolute atomic E-state index is 12.9. The first-order valence-electron chi connectivity index (χ1n) is 8.57. The molecule has 0 atom stereocenters. The van der Waals surface area contributed by atoms with Crippen molar-refractivity contribution in [2.24, 2.45) is 5.41 Å². The molecule has 5 heteroatoms. The van der Waals surface area contributed by atoms with Crippen LogP contribution in [0.15, 0.2) is 12.5 Å². The molecule has 23 heavy (non-hydrogen) atoms. The first kappa shape index (κ1) is 18.0. The Balaban J connectivity index is 2.11. The minimum Gasteiger partial charge on any atom is -0.340 e. The zero-order valence-corrected chi connectivity index (χ0v) is 15.9. The molecule has 1 saturated heterocycles. The molecule has 0 spiro atoms. The minimum atomic E-state index is -0.393. The maximum Gasteiger partial charge on any atom is 0.244 e. The fourth-order valence-corrected chi connectivity index (χ4v) is 3.01. The normalized spacial score (nSPS) is 17.6. The van der Waals surface area contributed by atoms with Crippen molar-refractivity contribution < 1.29 is 9.36 Å². The Morgan fingerprint density at radius 2 is 1.70 bits per heavy atom. The monoisotopic (exact) mass is 321 g/mol. The van der Waals surface area contributed by atoms with Crippen LogP contribution >= 0.6 is 0 Å². The molecule has 0 unspecified atom stereocenters. The molecule has 1 fully saturated rings. The van der Waals surface area contributed by atoms with Gasteiger partial charge >= 0.3 is 0 Å². The number of aryl methyl sites for hydroxylation is 1. The number of piperazine rings is 1. The molecule has 5 nitrogen and oxygen atoms in total. The molecule has 0 N–H and O–H groups in total. The van der Waals surface area contributed by atoms with Crippen molar-refractivity contribution in [1.82, 2.24) is 14.4 Å². The molecule has 0 saturated carbocycles. The number of rotatable bonds is 3. The molecule has 0 aliphatic carbocycles. The standard InChI is InChI=1S/C18H33N4O/c1-15-12-22(17(2,3)4)14-21(15)13-18(5,6)16(23)20-10-8-19(7)9-11-20/h12,14H,8-11,13H2,1-7H3/q+1. The summed E-state index contributed by atoms with van der Waals surface area (Å²) in [6, 6.07) is 0. The topological polar surface area (TPSA) is 32.4 Å². The lowest BCUT2D eigenvalue weighted by Gasteiger charge is -2.36. The zero-order chi connectivity index (χ0) is 17.4. The van der Waals surface area contributed by atoms with Crippen LogP contribution < -0.4 is 4.57 Å². The summed E-state index contributed by atoms with van der Waals surface area (Å²) >= 11 is 0. The molecule has 1 aromatic rings. The average molecular weight is 321 g/mol. The van der Waals surface area contributed by atoms with Crippen LogP contribution in [0.2, 0.25) is 0 Å². The number of hydrogen-bond acceptors (Lipinski definition) is 2. The Hall–Kier alpha value is -1.36. The van der Waals surface area contributed by atoms with Crippen LogP contribution in [0.4, 0.5) is 0 Å². The van der Waals surface area contributed by atoms with Crippen LogP contribution in [0.5, 0.6) is 0 Å². The van der Waals surface area contributed by atoms with E-state index in [4.69, 9.17) is 0 Å². The van der Waals surface area contributed by atoms with Gasteiger partial charge in [0, 0.05) is 33.1 Å². The Kier molecular flexibility index (Phi) is 4.90. The number of imidazole rings is 1. The summed E-state index contributed by atoms with van der Waals surface area (Å²) in [6.45, 7) is 17.1. The van der Waals surface area contributed by atoms with Gasteiger partial charge in [-0.05, 0) is 41.7 Å². The van der Waals surface area contributed by atoms with E-state index < -0.39 is 5.41 Å². The van der Waals surface area contributed by atoms with Gasteiger partial charge < -0.3 is 9.80 Å². The molecule has 0 aromatic carbocycles. The lowest BCUT2D eigenvalue weighted by Crippen LogP contribution is -2.54. The number of carbonyl (C=O) groups excluding carboxylic acids is 1. The highest BCUT2D eigenvalue weighted by atomic mass is 16.2. The van der Waals surface area contributed by atoms with Gasteiger partial charge in [-0.15, -0.1) is 0 Å². The summed E-state index contributed by atoms with van der Waals surface area (Å²) in [6.07, 6.45) is 4.30. The summed E-state index contributed by atoms with van der Waals surface area (Å²) in [4.78, 5) is 17.2. The van der Waals surface area contributed by atoms with Crippen molar-refractivity contribution in [2.75, 3.05) is 33.2 Å². The number of carbonyl (C=O) groups is 1. The molecule has 1 amide bonds. The predicted molar refractivity (Wildman–Crippen MR) is 92.2 cm³/mol. The second-order valence-electron chi connectivity index (χ2n) is 8.57. The highest BCUT2D eigenvalue weighted by Gasteiger charge is 2.36. The Morgan fingerprint density at radius 3 is 2.17 bits per heavy atom. The molecule has 2 rings (SSSR count). The van der Waals surface area contributed by atoms with Gasteiger partial charge in [-0.2, -0.15) is 0 Å². The van der Waals surface area contributed by atoms with Crippen LogP contribution in [0.3, 0.4) is 0 Å². The molecule has 0 bridgehead atoms. The quantitative estimate of drug-likeness (QED) is 0.793. The third-order valence-corrected chi connectivity index (χ3v) is 4.75. The average Bonchev–Trinajstić information content (AvgIpc) is 2.80. The highest BCUT2D eigenvalue weighted by Crippen LogP contribution is 2.21. The first-order valence-corrected chi connectivity index (χ1v) is 8.57. The van der Waals surface area contributed by atoms with Crippen molar-refractivity contribution in [3.63, 3.8) is 0 Å². The van der Waals surface area contributed by atoms with Crippen LogP contribution in [0, 0.1) is 12.3 Å². The van der Waals surface area contributed by atoms with Gasteiger partial charge in [0.25, 0.3) is 0 Å². The molecular weight excluding hydrogens is 288 g/mol. The van der Waals surface area contributed by atoms with E-state index in [-0.39, 0.29) is 11.4 Å². The van der Waals surface area contributed by atoms with Gasteiger partial charge in [-0.3, -0.25) is 4.79 Å². The van der Waals surface area contributed by atoms with E-state index in [2.05, 4.69) is 75.1 Å². The van der Waals surface area contributed by atoms with Crippen molar-refractivity contribution in [1.29, 1.82) is 0 Å². The summed E-state index contributed by atoms with van der Waals surface area (Å²) in [7, 11) is 2.11. The SMILES string of the molecule is Cc1cn(C(C)(C)C)c[n+]1CC(C)(C)C(=O)N1CCN(C)CC1. The third kappa shape index (κ3) is 4.14.